The molecule has 1 aliphatic carbocycles. The Labute approximate surface area is 165 Å². The number of nitrogens with zero attached hydrogens (tertiary/aromatic N) is 5. The molecule has 0 bridgehead atoms. The van der Waals surface area contributed by atoms with Gasteiger partial charge in [0.05, 0.1) is 23.8 Å². The first kappa shape index (κ1) is 18.8. The summed E-state index contributed by atoms with van der Waals surface area (Å²) in [5.41, 5.74) is 3.44. The van der Waals surface area contributed by atoms with E-state index in [1.165, 1.54) is 5.56 Å². The van der Waals surface area contributed by atoms with Crippen LogP contribution in [-0.2, 0) is 6.42 Å². The zero-order chi connectivity index (χ0) is 19.8. The predicted molar refractivity (Wildman–Crippen MR) is 107 cm³/mol. The molecule has 1 N–H and O–H groups in total. The molecule has 3 aliphatic rings. The van der Waals surface area contributed by atoms with Gasteiger partial charge in [0, 0.05) is 63.1 Å². The molecule has 2 amide bonds. The van der Waals surface area contributed by atoms with Gasteiger partial charge in [0.15, 0.2) is 0 Å². The number of amides is 2. The number of anilines is 1. The van der Waals surface area contributed by atoms with Crippen molar-refractivity contribution in [2.75, 3.05) is 38.1 Å². The van der Waals surface area contributed by atoms with E-state index >= 15 is 0 Å². The smallest absolute Gasteiger partial charge is 0.320 e. The minimum atomic E-state index is -0.748. The Kier molecular flexibility index (Phi) is 4.98. The van der Waals surface area contributed by atoms with Crippen molar-refractivity contribution in [3.63, 3.8) is 0 Å². The zero-order valence-electron chi connectivity index (χ0n) is 16.5. The van der Waals surface area contributed by atoms with E-state index in [2.05, 4.69) is 48.1 Å². The van der Waals surface area contributed by atoms with E-state index in [0.717, 1.165) is 24.2 Å². The number of likely N-dealkylation sites (N-methyl/N-ethyl adjacent to an activating group) is 1. The summed E-state index contributed by atoms with van der Waals surface area (Å²) in [5.74, 6) is -0.0309. The van der Waals surface area contributed by atoms with Crippen LogP contribution in [0.1, 0.15) is 24.6 Å². The SMILES string of the molecule is C[C@@H]1CCN(C(=O)N2CC(O)C(C#N)C2)CC1N(C)c1ccnc2c1C=CC2. The van der Waals surface area contributed by atoms with Crippen LogP contribution >= 0.6 is 0 Å². The average Bonchev–Trinajstić information content (AvgIpc) is 3.33. The number of carbonyl (C=O) groups excluding carboxylic acids is 1. The summed E-state index contributed by atoms with van der Waals surface area (Å²) in [6, 6.07) is 4.29. The van der Waals surface area contributed by atoms with Crippen LogP contribution in [0, 0.1) is 23.2 Å². The van der Waals surface area contributed by atoms with Crippen LogP contribution < -0.4 is 4.90 Å². The molecular formula is C21H27N5O2. The highest BCUT2D eigenvalue weighted by molar-refractivity contribution is 5.76. The number of urea groups is 1. The Morgan fingerprint density at radius 3 is 2.93 bits per heavy atom. The van der Waals surface area contributed by atoms with Crippen molar-refractivity contribution in [2.45, 2.75) is 31.9 Å². The van der Waals surface area contributed by atoms with E-state index in [1.54, 1.807) is 4.90 Å². The largest absolute Gasteiger partial charge is 0.390 e. The van der Waals surface area contributed by atoms with E-state index in [4.69, 9.17) is 5.26 Å². The van der Waals surface area contributed by atoms with E-state index in [-0.39, 0.29) is 18.6 Å². The lowest BCUT2D eigenvalue weighted by Crippen LogP contribution is -2.55. The van der Waals surface area contributed by atoms with Crippen molar-refractivity contribution in [1.82, 2.24) is 14.8 Å². The van der Waals surface area contributed by atoms with Gasteiger partial charge in [-0.2, -0.15) is 5.26 Å². The number of likely N-dealkylation sites (tertiary alicyclic amines) is 2. The van der Waals surface area contributed by atoms with Gasteiger partial charge < -0.3 is 19.8 Å². The number of hydrogen-bond acceptors (Lipinski definition) is 5. The number of aliphatic hydroxyl groups is 1. The summed E-state index contributed by atoms with van der Waals surface area (Å²) in [7, 11) is 2.10. The van der Waals surface area contributed by atoms with Crippen LogP contribution in [0.15, 0.2) is 18.3 Å². The highest BCUT2D eigenvalue weighted by Crippen LogP contribution is 2.32. The molecule has 4 rings (SSSR count). The van der Waals surface area contributed by atoms with Crippen LogP contribution in [0.4, 0.5) is 10.5 Å². The number of fused-ring (bicyclic) bond motifs is 1. The topological polar surface area (TPSA) is 83.7 Å². The van der Waals surface area contributed by atoms with Gasteiger partial charge in [-0.15, -0.1) is 0 Å². The molecule has 3 unspecified atom stereocenters. The molecule has 7 heteroatoms. The molecule has 0 saturated carbocycles. The Morgan fingerprint density at radius 1 is 1.36 bits per heavy atom. The molecule has 7 nitrogen and oxygen atoms in total. The molecule has 148 valence electrons. The second kappa shape index (κ2) is 7.44. The molecule has 2 aliphatic heterocycles. The Hall–Kier alpha value is -2.59. The summed E-state index contributed by atoms with van der Waals surface area (Å²) < 4.78 is 0. The third-order valence-electron chi connectivity index (χ3n) is 6.44. The van der Waals surface area contributed by atoms with Crippen molar-refractivity contribution >= 4 is 17.8 Å². The average molecular weight is 381 g/mol. The number of nitriles is 1. The summed E-state index contributed by atoms with van der Waals surface area (Å²) >= 11 is 0. The number of aliphatic hydroxyl groups excluding tert-OH is 1. The molecule has 0 aromatic carbocycles. The maximum atomic E-state index is 13.0. The quantitative estimate of drug-likeness (QED) is 0.844. The lowest BCUT2D eigenvalue weighted by atomic mass is 9.91. The fourth-order valence-corrected chi connectivity index (χ4v) is 4.62. The van der Waals surface area contributed by atoms with Crippen molar-refractivity contribution in [3.05, 3.63) is 29.6 Å². The fraction of sp³-hybridized carbons (Fsp3) is 0.571. The lowest BCUT2D eigenvalue weighted by Gasteiger charge is -2.43. The van der Waals surface area contributed by atoms with Gasteiger partial charge in [-0.1, -0.05) is 19.1 Å². The van der Waals surface area contributed by atoms with E-state index < -0.39 is 12.0 Å². The molecule has 1 aromatic heterocycles. The molecular weight excluding hydrogens is 354 g/mol. The third kappa shape index (κ3) is 3.22. The molecule has 1 aromatic rings. The van der Waals surface area contributed by atoms with Gasteiger partial charge in [0.2, 0.25) is 0 Å². The van der Waals surface area contributed by atoms with Crippen molar-refractivity contribution < 1.29 is 9.90 Å². The number of carbonyl (C=O) groups is 1. The maximum absolute atomic E-state index is 13.0. The maximum Gasteiger partial charge on any atom is 0.320 e. The minimum absolute atomic E-state index is 0.0676. The number of allylic oxidation sites excluding steroid dienone is 1. The zero-order valence-corrected chi connectivity index (χ0v) is 16.5. The molecule has 0 radical (unpaired) electrons. The highest BCUT2D eigenvalue weighted by Gasteiger charge is 2.39. The van der Waals surface area contributed by atoms with Crippen molar-refractivity contribution in [3.8, 4) is 6.07 Å². The molecule has 3 heterocycles. The molecule has 4 atom stereocenters. The molecule has 2 fully saturated rings. The molecule has 28 heavy (non-hydrogen) atoms. The van der Waals surface area contributed by atoms with Gasteiger partial charge in [-0.3, -0.25) is 4.98 Å². The first-order chi connectivity index (χ1) is 13.5. The van der Waals surface area contributed by atoms with Gasteiger partial charge in [0.25, 0.3) is 0 Å². The second-order valence-corrected chi connectivity index (χ2v) is 8.18. The fourth-order valence-electron chi connectivity index (χ4n) is 4.62. The summed E-state index contributed by atoms with van der Waals surface area (Å²) in [6.07, 6.45) is 7.20. The van der Waals surface area contributed by atoms with Gasteiger partial charge in [-0.05, 0) is 18.4 Å². The number of hydrogen-bond donors (Lipinski definition) is 1. The Balaban J connectivity index is 1.50. The predicted octanol–water partition coefficient (Wildman–Crippen LogP) is 1.73. The Bertz CT molecular complexity index is 833. The molecule has 2 saturated heterocycles. The number of rotatable bonds is 2. The first-order valence-corrected chi connectivity index (χ1v) is 9.98. The number of β-amino-alcohol motifs (C(OH)–C–C–N with tert-alkyl or cyclic N) is 1. The monoisotopic (exact) mass is 381 g/mol. The number of aromatic nitrogens is 1. The summed E-state index contributed by atoms with van der Waals surface area (Å²) in [4.78, 5) is 23.3. The number of pyridine rings is 1. The summed E-state index contributed by atoms with van der Waals surface area (Å²) in [5, 5.41) is 19.1. The Morgan fingerprint density at radius 2 is 2.18 bits per heavy atom. The van der Waals surface area contributed by atoms with E-state index in [1.807, 2.05) is 11.1 Å². The standard InChI is InChI=1S/C21H27N5O2/c1-14-7-9-25(21(28)26-11-15(10-22)20(27)13-26)12-19(14)24(2)18-6-8-23-17-5-3-4-16(17)18/h3-4,6,8,14-15,19-20,27H,5,7,9,11-13H2,1-2H3/t14-,15?,19?,20?/m1/s1. The van der Waals surface area contributed by atoms with Crippen molar-refractivity contribution in [1.29, 1.82) is 5.26 Å². The van der Waals surface area contributed by atoms with Crippen LogP contribution in [0.5, 0.6) is 0 Å². The van der Waals surface area contributed by atoms with Crippen LogP contribution in [0.25, 0.3) is 6.08 Å². The second-order valence-electron chi connectivity index (χ2n) is 8.18. The van der Waals surface area contributed by atoms with E-state index in [9.17, 15) is 9.90 Å². The van der Waals surface area contributed by atoms with Crippen LogP contribution in [0.3, 0.4) is 0 Å². The lowest BCUT2D eigenvalue weighted by molar-refractivity contribution is 0.123. The van der Waals surface area contributed by atoms with Gasteiger partial charge >= 0.3 is 6.03 Å². The van der Waals surface area contributed by atoms with Crippen LogP contribution in [0.2, 0.25) is 0 Å². The minimum Gasteiger partial charge on any atom is -0.390 e. The number of piperidine rings is 1. The van der Waals surface area contributed by atoms with Crippen LogP contribution in [-0.4, -0.2) is 71.3 Å². The van der Waals surface area contributed by atoms with E-state index in [0.29, 0.717) is 25.6 Å². The highest BCUT2D eigenvalue weighted by atomic mass is 16.3. The van der Waals surface area contributed by atoms with Gasteiger partial charge in [0.1, 0.15) is 0 Å². The third-order valence-corrected chi connectivity index (χ3v) is 6.44. The molecule has 0 spiro atoms. The summed E-state index contributed by atoms with van der Waals surface area (Å²) in [6.45, 7) is 4.15. The van der Waals surface area contributed by atoms with Crippen molar-refractivity contribution in [2.24, 2.45) is 11.8 Å². The van der Waals surface area contributed by atoms with Gasteiger partial charge in [-0.25, -0.2) is 4.79 Å². The first-order valence-electron chi connectivity index (χ1n) is 9.98. The normalized spacial score (nSPS) is 28.9.